The number of nitrogens with zero attached hydrogens (tertiary/aromatic N) is 2. The molecule has 4 rings (SSSR count). The molecule has 0 N–H and O–H groups in total. The number of esters is 2. The average Bonchev–Trinajstić information content (AvgIpc) is 3.24. The van der Waals surface area contributed by atoms with Crippen LogP contribution < -0.4 is 0 Å². The third-order valence-corrected chi connectivity index (χ3v) is 5.29. The van der Waals surface area contributed by atoms with Crippen LogP contribution in [0.1, 0.15) is 26.4 Å². The Morgan fingerprint density at radius 3 is 2.21 bits per heavy atom. The first kappa shape index (κ1) is 22.0. The van der Waals surface area contributed by atoms with E-state index in [0.29, 0.717) is 11.3 Å². The van der Waals surface area contributed by atoms with Crippen LogP contribution in [0.4, 0.5) is 4.39 Å². The molecule has 1 heterocycles. The summed E-state index contributed by atoms with van der Waals surface area (Å²) in [6, 6.07) is 20.8. The van der Waals surface area contributed by atoms with Crippen LogP contribution in [-0.4, -0.2) is 35.9 Å². The fourth-order valence-electron chi connectivity index (χ4n) is 3.74. The van der Waals surface area contributed by atoms with Gasteiger partial charge in [-0.05, 0) is 53.9 Å². The summed E-state index contributed by atoms with van der Waals surface area (Å²) in [5.74, 6) is -1.75. The molecule has 1 aromatic heterocycles. The lowest BCUT2D eigenvalue weighted by atomic mass is 9.97. The molecule has 0 radical (unpaired) electrons. The molecule has 4 aromatic rings. The van der Waals surface area contributed by atoms with Crippen LogP contribution in [0.3, 0.4) is 0 Å². The third kappa shape index (κ3) is 4.13. The summed E-state index contributed by atoms with van der Waals surface area (Å²) in [5, 5.41) is 4.62. The predicted octanol–water partition coefficient (Wildman–Crippen LogP) is 5.23. The lowest BCUT2D eigenvalue weighted by Gasteiger charge is -2.09. The number of aryl methyl sites for hydroxylation is 1. The van der Waals surface area contributed by atoms with Gasteiger partial charge >= 0.3 is 11.9 Å². The second-order valence-corrected chi connectivity index (χ2v) is 7.34. The van der Waals surface area contributed by atoms with Gasteiger partial charge in [0.1, 0.15) is 17.1 Å². The summed E-state index contributed by atoms with van der Waals surface area (Å²) in [6.07, 6.45) is 0. The van der Waals surface area contributed by atoms with Gasteiger partial charge in [0.05, 0.1) is 19.9 Å². The molecule has 0 aliphatic heterocycles. The maximum Gasteiger partial charge on any atom is 0.357 e. The Bertz CT molecular complexity index is 1350. The number of methoxy groups -OCH3 is 2. The maximum atomic E-state index is 13.6. The number of para-hydroxylation sites is 1. The van der Waals surface area contributed by atoms with E-state index < -0.39 is 11.9 Å². The molecule has 166 valence electrons. The topological polar surface area (TPSA) is 70.4 Å². The number of carbonyl (C=O) groups excluding carboxylic acids is 2. The SMILES string of the molecule is COC(=O)c1c(-c2cccc(-c3ccc(F)cc3C)c2)nn(-c2ccccc2)c1C(=O)OC. The molecule has 0 fully saturated rings. The number of benzene rings is 3. The second kappa shape index (κ2) is 9.08. The Balaban J connectivity index is 1.97. The Morgan fingerprint density at radius 1 is 0.848 bits per heavy atom. The molecule has 0 bridgehead atoms. The van der Waals surface area contributed by atoms with Crippen molar-refractivity contribution in [3.05, 3.63) is 95.4 Å². The molecular formula is C26H21FN2O4. The first-order chi connectivity index (χ1) is 15.9. The fourth-order valence-corrected chi connectivity index (χ4v) is 3.74. The quantitative estimate of drug-likeness (QED) is 0.395. The zero-order valence-electron chi connectivity index (χ0n) is 18.3. The van der Waals surface area contributed by atoms with Crippen molar-refractivity contribution in [3.63, 3.8) is 0 Å². The molecule has 33 heavy (non-hydrogen) atoms. The van der Waals surface area contributed by atoms with Crippen molar-refractivity contribution in [2.75, 3.05) is 14.2 Å². The van der Waals surface area contributed by atoms with Crippen LogP contribution >= 0.6 is 0 Å². The molecule has 0 amide bonds. The highest BCUT2D eigenvalue weighted by molar-refractivity contribution is 6.07. The van der Waals surface area contributed by atoms with Gasteiger partial charge in [-0.15, -0.1) is 0 Å². The van der Waals surface area contributed by atoms with E-state index in [1.807, 2.05) is 31.2 Å². The van der Waals surface area contributed by atoms with Gasteiger partial charge in [0.2, 0.25) is 0 Å². The van der Waals surface area contributed by atoms with Crippen LogP contribution in [0, 0.1) is 12.7 Å². The number of carbonyl (C=O) groups is 2. The minimum atomic E-state index is -0.719. The molecule has 0 atom stereocenters. The summed E-state index contributed by atoms with van der Waals surface area (Å²) < 4.78 is 24.9. The van der Waals surface area contributed by atoms with E-state index in [1.165, 1.54) is 31.0 Å². The molecular weight excluding hydrogens is 423 g/mol. The van der Waals surface area contributed by atoms with Crippen LogP contribution in [-0.2, 0) is 9.47 Å². The maximum absolute atomic E-state index is 13.6. The highest BCUT2D eigenvalue weighted by Crippen LogP contribution is 2.33. The number of ether oxygens (including phenoxy) is 2. The standard InChI is InChI=1S/C26H21FN2O4/c1-16-14-19(27)12-13-21(16)17-8-7-9-18(15-17)23-22(25(30)32-2)24(26(31)33-3)29(28-23)20-10-5-4-6-11-20/h4-15H,1-3H3. The van der Waals surface area contributed by atoms with Crippen LogP contribution in [0.5, 0.6) is 0 Å². The average molecular weight is 444 g/mol. The lowest BCUT2D eigenvalue weighted by molar-refractivity contribution is 0.0549. The molecule has 0 saturated carbocycles. The van der Waals surface area contributed by atoms with Gasteiger partial charge in [0.25, 0.3) is 0 Å². The van der Waals surface area contributed by atoms with Gasteiger partial charge in [0, 0.05) is 5.56 Å². The summed E-state index contributed by atoms with van der Waals surface area (Å²) in [5.41, 5.74) is 3.84. The monoisotopic (exact) mass is 444 g/mol. The van der Waals surface area contributed by atoms with E-state index in [0.717, 1.165) is 16.7 Å². The normalized spacial score (nSPS) is 10.7. The number of rotatable bonds is 5. The summed E-state index contributed by atoms with van der Waals surface area (Å²) in [6.45, 7) is 1.82. The highest BCUT2D eigenvalue weighted by Gasteiger charge is 2.31. The molecule has 0 saturated heterocycles. The number of halogens is 1. The van der Waals surface area contributed by atoms with Crippen molar-refractivity contribution in [2.45, 2.75) is 6.92 Å². The van der Waals surface area contributed by atoms with Gasteiger partial charge in [-0.3, -0.25) is 0 Å². The van der Waals surface area contributed by atoms with E-state index >= 15 is 0 Å². The largest absolute Gasteiger partial charge is 0.465 e. The van der Waals surface area contributed by atoms with Crippen molar-refractivity contribution in [1.29, 1.82) is 0 Å². The van der Waals surface area contributed by atoms with E-state index in [2.05, 4.69) is 5.10 Å². The van der Waals surface area contributed by atoms with E-state index in [1.54, 1.807) is 36.4 Å². The third-order valence-electron chi connectivity index (χ3n) is 5.29. The summed E-state index contributed by atoms with van der Waals surface area (Å²) in [4.78, 5) is 25.5. The predicted molar refractivity (Wildman–Crippen MR) is 122 cm³/mol. The zero-order valence-corrected chi connectivity index (χ0v) is 18.3. The van der Waals surface area contributed by atoms with E-state index in [4.69, 9.17) is 9.47 Å². The molecule has 0 aliphatic rings. The van der Waals surface area contributed by atoms with Gasteiger partial charge < -0.3 is 9.47 Å². The molecule has 0 unspecified atom stereocenters. The Labute approximate surface area is 190 Å². The number of aromatic nitrogens is 2. The first-order valence-electron chi connectivity index (χ1n) is 10.2. The molecule has 6 nitrogen and oxygen atoms in total. The Hall–Kier alpha value is -4.26. The second-order valence-electron chi connectivity index (χ2n) is 7.34. The molecule has 7 heteroatoms. The van der Waals surface area contributed by atoms with E-state index in [9.17, 15) is 14.0 Å². The van der Waals surface area contributed by atoms with Crippen LogP contribution in [0.15, 0.2) is 72.8 Å². The smallest absolute Gasteiger partial charge is 0.357 e. The van der Waals surface area contributed by atoms with Crippen molar-refractivity contribution in [1.82, 2.24) is 9.78 Å². The highest BCUT2D eigenvalue weighted by atomic mass is 19.1. The van der Waals surface area contributed by atoms with Crippen molar-refractivity contribution < 1.29 is 23.5 Å². The van der Waals surface area contributed by atoms with Crippen molar-refractivity contribution in [2.24, 2.45) is 0 Å². The van der Waals surface area contributed by atoms with Crippen LogP contribution in [0.25, 0.3) is 28.1 Å². The van der Waals surface area contributed by atoms with Gasteiger partial charge in [-0.25, -0.2) is 18.7 Å². The zero-order chi connectivity index (χ0) is 23.5. The number of hydrogen-bond acceptors (Lipinski definition) is 5. The minimum Gasteiger partial charge on any atom is -0.465 e. The van der Waals surface area contributed by atoms with Gasteiger partial charge in [-0.1, -0.05) is 42.5 Å². The van der Waals surface area contributed by atoms with Gasteiger partial charge in [-0.2, -0.15) is 5.10 Å². The van der Waals surface area contributed by atoms with Crippen molar-refractivity contribution >= 4 is 11.9 Å². The summed E-state index contributed by atoms with van der Waals surface area (Å²) in [7, 11) is 2.48. The lowest BCUT2D eigenvalue weighted by Crippen LogP contribution is -2.15. The fraction of sp³-hybridized carbons (Fsp3) is 0.115. The Kier molecular flexibility index (Phi) is 6.04. The molecule has 0 aliphatic carbocycles. The Morgan fingerprint density at radius 2 is 1.55 bits per heavy atom. The first-order valence-corrected chi connectivity index (χ1v) is 10.2. The van der Waals surface area contributed by atoms with Crippen molar-refractivity contribution in [3.8, 4) is 28.1 Å². The number of hydrogen-bond donors (Lipinski definition) is 0. The summed E-state index contributed by atoms with van der Waals surface area (Å²) >= 11 is 0. The van der Waals surface area contributed by atoms with E-state index in [-0.39, 0.29) is 22.8 Å². The molecule has 3 aromatic carbocycles. The van der Waals surface area contributed by atoms with Gasteiger partial charge in [0.15, 0.2) is 5.69 Å². The molecule has 0 spiro atoms. The minimum absolute atomic E-state index is 0.00109. The van der Waals surface area contributed by atoms with Crippen LogP contribution in [0.2, 0.25) is 0 Å².